The first kappa shape index (κ1) is 12.3. The number of carboxylic acid groups (broad SMARTS) is 2. The number of aliphatic hydroxyl groups excluding tert-OH is 1. The Labute approximate surface area is 91.1 Å². The summed E-state index contributed by atoms with van der Waals surface area (Å²) in [5.74, 6) is -4.74. The molecule has 2 atom stereocenters. The van der Waals surface area contributed by atoms with Crippen LogP contribution in [0.15, 0.2) is 23.0 Å². The first-order valence-electron chi connectivity index (χ1n) is 4.50. The monoisotopic (exact) mass is 228 g/mol. The van der Waals surface area contributed by atoms with Gasteiger partial charge in [0.15, 0.2) is 0 Å². The van der Waals surface area contributed by atoms with Gasteiger partial charge in [0.05, 0.1) is 0 Å². The molecule has 0 amide bonds. The maximum atomic E-state index is 10.9. The topological polar surface area (TPSA) is 115 Å². The zero-order chi connectivity index (χ0) is 12.7. The largest absolute Gasteiger partial charge is 0.507 e. The summed E-state index contributed by atoms with van der Waals surface area (Å²) >= 11 is 0. The maximum Gasteiger partial charge on any atom is 0.339 e. The molecule has 0 saturated heterocycles. The molecule has 0 radical (unpaired) electrons. The fourth-order valence-electron chi connectivity index (χ4n) is 1.66. The highest BCUT2D eigenvalue weighted by Gasteiger charge is 2.44. The van der Waals surface area contributed by atoms with E-state index in [9.17, 15) is 19.8 Å². The molecule has 0 saturated carbocycles. The van der Waals surface area contributed by atoms with Gasteiger partial charge in [-0.25, -0.2) is 4.79 Å². The van der Waals surface area contributed by atoms with Gasteiger partial charge in [0, 0.05) is 0 Å². The van der Waals surface area contributed by atoms with Crippen LogP contribution in [0, 0.1) is 5.92 Å². The van der Waals surface area contributed by atoms with E-state index in [-0.39, 0.29) is 5.57 Å². The number of rotatable bonds is 2. The van der Waals surface area contributed by atoms with Crippen molar-refractivity contribution in [2.45, 2.75) is 19.4 Å². The molecule has 1 aliphatic rings. The molecular formula is C10H12O6. The van der Waals surface area contributed by atoms with E-state index >= 15 is 0 Å². The molecular weight excluding hydrogens is 216 g/mol. The van der Waals surface area contributed by atoms with Gasteiger partial charge in [0.2, 0.25) is 0 Å². The number of hydrogen-bond acceptors (Lipinski definition) is 4. The lowest BCUT2D eigenvalue weighted by Crippen LogP contribution is -2.43. The third-order valence-corrected chi connectivity index (χ3v) is 2.80. The third-order valence-electron chi connectivity index (χ3n) is 2.80. The van der Waals surface area contributed by atoms with Crippen molar-refractivity contribution in [1.82, 2.24) is 0 Å². The van der Waals surface area contributed by atoms with E-state index in [1.165, 1.54) is 13.8 Å². The molecule has 88 valence electrons. The van der Waals surface area contributed by atoms with Crippen molar-refractivity contribution >= 4 is 11.9 Å². The van der Waals surface area contributed by atoms with Crippen LogP contribution in [-0.4, -0.2) is 38.0 Å². The molecule has 2 unspecified atom stereocenters. The lowest BCUT2D eigenvalue weighted by Gasteiger charge is -2.33. The molecule has 6 nitrogen and oxygen atoms in total. The molecule has 1 rings (SSSR count). The van der Waals surface area contributed by atoms with E-state index in [0.29, 0.717) is 0 Å². The van der Waals surface area contributed by atoms with E-state index in [0.717, 1.165) is 6.08 Å². The van der Waals surface area contributed by atoms with Crippen molar-refractivity contribution in [2.75, 3.05) is 0 Å². The third kappa shape index (κ3) is 1.67. The number of aliphatic carboxylic acids is 2. The normalized spacial score (nSPS) is 29.9. The molecule has 0 bridgehead atoms. The fraction of sp³-hybridized carbons (Fsp3) is 0.400. The Bertz CT molecular complexity index is 415. The van der Waals surface area contributed by atoms with Crippen LogP contribution in [0.2, 0.25) is 0 Å². The second kappa shape index (κ2) is 3.64. The smallest absolute Gasteiger partial charge is 0.339 e. The average Bonchev–Trinajstić information content (AvgIpc) is 2.11. The standard InChI is InChI=1S/C10H12O6/c1-4-7(9(14)15)6(11)3-5(8(12)13)10(4,2)16/h3,5,11,16H,1-2H3,(H,12,13)(H,14,15). The molecule has 4 N–H and O–H groups in total. The van der Waals surface area contributed by atoms with Gasteiger partial charge >= 0.3 is 11.9 Å². The fourth-order valence-corrected chi connectivity index (χ4v) is 1.66. The Balaban J connectivity index is 3.39. The van der Waals surface area contributed by atoms with Crippen LogP contribution in [0.5, 0.6) is 0 Å². The van der Waals surface area contributed by atoms with Gasteiger partial charge in [-0.1, -0.05) is 0 Å². The van der Waals surface area contributed by atoms with Gasteiger partial charge in [-0.2, -0.15) is 0 Å². The lowest BCUT2D eigenvalue weighted by molar-refractivity contribution is -0.146. The minimum atomic E-state index is -1.83. The quantitative estimate of drug-likeness (QED) is 0.540. The zero-order valence-electron chi connectivity index (χ0n) is 8.76. The lowest BCUT2D eigenvalue weighted by atomic mass is 9.76. The van der Waals surface area contributed by atoms with Crippen LogP contribution >= 0.6 is 0 Å². The summed E-state index contributed by atoms with van der Waals surface area (Å²) < 4.78 is 0. The summed E-state index contributed by atoms with van der Waals surface area (Å²) in [4.78, 5) is 21.7. The van der Waals surface area contributed by atoms with Crippen molar-refractivity contribution in [3.05, 3.63) is 23.0 Å². The molecule has 0 heterocycles. The summed E-state index contributed by atoms with van der Waals surface area (Å²) in [5.41, 5.74) is -2.36. The Hall–Kier alpha value is -1.82. The molecule has 0 aliphatic heterocycles. The van der Waals surface area contributed by atoms with Gasteiger partial charge in [0.1, 0.15) is 22.9 Å². The molecule has 0 fully saturated rings. The van der Waals surface area contributed by atoms with Crippen molar-refractivity contribution in [3.63, 3.8) is 0 Å². The minimum Gasteiger partial charge on any atom is -0.507 e. The van der Waals surface area contributed by atoms with E-state index in [2.05, 4.69) is 0 Å². The van der Waals surface area contributed by atoms with Crippen LogP contribution in [-0.2, 0) is 9.59 Å². The van der Waals surface area contributed by atoms with Crippen molar-refractivity contribution < 1.29 is 30.0 Å². The summed E-state index contributed by atoms with van der Waals surface area (Å²) in [6.07, 6.45) is 0.832. The number of carbonyl (C=O) groups is 2. The van der Waals surface area contributed by atoms with Gasteiger partial charge in [-0.15, -0.1) is 0 Å². The molecule has 1 aliphatic carbocycles. The predicted molar refractivity (Wildman–Crippen MR) is 52.8 cm³/mol. The summed E-state index contributed by atoms with van der Waals surface area (Å²) in [6.45, 7) is 2.48. The second-order valence-electron chi connectivity index (χ2n) is 3.82. The Kier molecular flexibility index (Phi) is 2.79. The number of carboxylic acids is 2. The van der Waals surface area contributed by atoms with Gasteiger partial charge in [0.25, 0.3) is 0 Å². The van der Waals surface area contributed by atoms with Crippen molar-refractivity contribution in [2.24, 2.45) is 5.92 Å². The summed E-state index contributed by atoms with van der Waals surface area (Å²) in [6, 6.07) is 0. The maximum absolute atomic E-state index is 10.9. The van der Waals surface area contributed by atoms with Crippen LogP contribution in [0.3, 0.4) is 0 Å². The van der Waals surface area contributed by atoms with Gasteiger partial charge in [-0.05, 0) is 25.5 Å². The van der Waals surface area contributed by atoms with Crippen LogP contribution in [0.1, 0.15) is 13.8 Å². The molecule has 6 heteroatoms. The van der Waals surface area contributed by atoms with Crippen molar-refractivity contribution in [3.8, 4) is 0 Å². The number of hydrogen-bond donors (Lipinski definition) is 4. The Morgan fingerprint density at radius 3 is 2.25 bits per heavy atom. The molecule has 0 aromatic heterocycles. The van der Waals surface area contributed by atoms with Crippen LogP contribution in [0.25, 0.3) is 0 Å². The minimum absolute atomic E-state index is 0.0765. The van der Waals surface area contributed by atoms with Crippen molar-refractivity contribution in [1.29, 1.82) is 0 Å². The number of aliphatic hydroxyl groups is 2. The zero-order valence-corrected chi connectivity index (χ0v) is 8.76. The highest BCUT2D eigenvalue weighted by Crippen LogP contribution is 2.36. The molecule has 0 aromatic carbocycles. The highest BCUT2D eigenvalue weighted by molar-refractivity contribution is 5.94. The molecule has 16 heavy (non-hydrogen) atoms. The highest BCUT2D eigenvalue weighted by atomic mass is 16.4. The van der Waals surface area contributed by atoms with Crippen LogP contribution in [0.4, 0.5) is 0 Å². The predicted octanol–water partition coefficient (Wildman–Crippen LogP) is 0.295. The van der Waals surface area contributed by atoms with E-state index in [1.54, 1.807) is 0 Å². The van der Waals surface area contributed by atoms with Crippen LogP contribution < -0.4 is 0 Å². The van der Waals surface area contributed by atoms with Gasteiger partial charge in [-0.3, -0.25) is 4.79 Å². The summed E-state index contributed by atoms with van der Waals surface area (Å²) in [5, 5.41) is 37.0. The molecule has 0 aromatic rings. The van der Waals surface area contributed by atoms with E-state index in [1.807, 2.05) is 0 Å². The van der Waals surface area contributed by atoms with Gasteiger partial charge < -0.3 is 20.4 Å². The SMILES string of the molecule is CC1=C(C(=O)O)C(O)=CC(C(=O)O)C1(C)O. The van der Waals surface area contributed by atoms with E-state index < -0.39 is 34.8 Å². The first-order valence-corrected chi connectivity index (χ1v) is 4.50. The first-order chi connectivity index (χ1) is 7.19. The Morgan fingerprint density at radius 2 is 1.88 bits per heavy atom. The summed E-state index contributed by atoms with van der Waals surface area (Å²) in [7, 11) is 0. The Morgan fingerprint density at radius 1 is 1.38 bits per heavy atom. The average molecular weight is 228 g/mol. The second-order valence-corrected chi connectivity index (χ2v) is 3.82. The van der Waals surface area contributed by atoms with E-state index in [4.69, 9.17) is 10.2 Å². The molecule has 0 spiro atoms.